The highest BCUT2D eigenvalue weighted by Gasteiger charge is 2.08. The second kappa shape index (κ2) is 6.90. The van der Waals surface area contributed by atoms with Crippen molar-refractivity contribution in [3.05, 3.63) is 34.6 Å². The molecule has 2 aromatic rings. The van der Waals surface area contributed by atoms with Crippen LogP contribution in [0.1, 0.15) is 30.8 Å². The van der Waals surface area contributed by atoms with Gasteiger partial charge in [0.2, 0.25) is 0 Å². The number of aryl methyl sites for hydroxylation is 2. The third kappa shape index (κ3) is 4.08. The van der Waals surface area contributed by atoms with E-state index in [0.717, 1.165) is 35.0 Å². The maximum absolute atomic E-state index is 13.5. The molecule has 0 aliphatic heterocycles. The number of hydrogen-bond donors (Lipinski definition) is 1. The van der Waals surface area contributed by atoms with Crippen LogP contribution in [0, 0.1) is 12.7 Å². The maximum Gasteiger partial charge on any atom is 0.147 e. The fourth-order valence-electron chi connectivity index (χ4n) is 1.83. The summed E-state index contributed by atoms with van der Waals surface area (Å²) in [6.45, 7) is 7.00. The molecule has 20 heavy (non-hydrogen) atoms. The number of aromatic nitrogens is 2. The van der Waals surface area contributed by atoms with Crippen molar-refractivity contribution >= 4 is 11.3 Å². The first-order chi connectivity index (χ1) is 9.56. The number of benzene rings is 1. The molecule has 0 unspecified atom stereocenters. The highest BCUT2D eigenvalue weighted by molar-refractivity contribution is 7.14. The van der Waals surface area contributed by atoms with E-state index in [-0.39, 0.29) is 5.82 Å². The van der Waals surface area contributed by atoms with E-state index in [9.17, 15) is 4.39 Å². The SMILES string of the molecule is Cc1ccc(-c2nnc(CCCNC(C)C)s2)cc1F. The largest absolute Gasteiger partial charge is 0.315 e. The van der Waals surface area contributed by atoms with Gasteiger partial charge in [0.15, 0.2) is 0 Å². The van der Waals surface area contributed by atoms with Crippen LogP contribution in [-0.2, 0) is 6.42 Å². The van der Waals surface area contributed by atoms with Crippen molar-refractivity contribution in [2.45, 2.75) is 39.7 Å². The van der Waals surface area contributed by atoms with Gasteiger partial charge in [-0.05, 0) is 31.5 Å². The van der Waals surface area contributed by atoms with Crippen LogP contribution in [-0.4, -0.2) is 22.8 Å². The van der Waals surface area contributed by atoms with Crippen LogP contribution >= 0.6 is 11.3 Å². The summed E-state index contributed by atoms with van der Waals surface area (Å²) in [5, 5.41) is 13.5. The predicted molar refractivity (Wildman–Crippen MR) is 81.5 cm³/mol. The second-order valence-corrected chi connectivity index (χ2v) is 6.24. The molecule has 5 heteroatoms. The van der Waals surface area contributed by atoms with Crippen LogP contribution in [0.5, 0.6) is 0 Å². The lowest BCUT2D eigenvalue weighted by atomic mass is 10.1. The monoisotopic (exact) mass is 293 g/mol. The van der Waals surface area contributed by atoms with Crippen molar-refractivity contribution in [2.24, 2.45) is 0 Å². The fraction of sp³-hybridized carbons (Fsp3) is 0.467. The summed E-state index contributed by atoms with van der Waals surface area (Å²) in [7, 11) is 0. The Labute approximate surface area is 123 Å². The van der Waals surface area contributed by atoms with Crippen LogP contribution in [0.25, 0.3) is 10.6 Å². The highest BCUT2D eigenvalue weighted by Crippen LogP contribution is 2.25. The average Bonchev–Trinajstić information content (AvgIpc) is 2.86. The molecule has 3 nitrogen and oxygen atoms in total. The summed E-state index contributed by atoms with van der Waals surface area (Å²) >= 11 is 1.54. The van der Waals surface area contributed by atoms with Gasteiger partial charge in [-0.15, -0.1) is 10.2 Å². The summed E-state index contributed by atoms with van der Waals surface area (Å²) in [6, 6.07) is 5.71. The summed E-state index contributed by atoms with van der Waals surface area (Å²) in [6.07, 6.45) is 1.95. The van der Waals surface area contributed by atoms with Gasteiger partial charge >= 0.3 is 0 Å². The molecular weight excluding hydrogens is 273 g/mol. The van der Waals surface area contributed by atoms with Crippen LogP contribution in [0.4, 0.5) is 4.39 Å². The highest BCUT2D eigenvalue weighted by atomic mass is 32.1. The Morgan fingerprint density at radius 2 is 2.10 bits per heavy atom. The molecule has 0 aliphatic rings. The topological polar surface area (TPSA) is 37.8 Å². The minimum absolute atomic E-state index is 0.194. The molecule has 1 N–H and O–H groups in total. The van der Waals surface area contributed by atoms with Gasteiger partial charge in [0.25, 0.3) is 0 Å². The van der Waals surface area contributed by atoms with Gasteiger partial charge in [-0.25, -0.2) is 4.39 Å². The minimum atomic E-state index is -0.194. The number of nitrogens with one attached hydrogen (secondary N) is 1. The molecule has 1 heterocycles. The lowest BCUT2D eigenvalue weighted by Gasteiger charge is -2.05. The Bertz CT molecular complexity index is 566. The van der Waals surface area contributed by atoms with Gasteiger partial charge in [-0.1, -0.05) is 37.3 Å². The van der Waals surface area contributed by atoms with E-state index in [1.165, 1.54) is 6.07 Å². The van der Waals surface area contributed by atoms with E-state index in [4.69, 9.17) is 0 Å². The third-order valence-corrected chi connectivity index (χ3v) is 4.04. The van der Waals surface area contributed by atoms with E-state index in [0.29, 0.717) is 11.6 Å². The average molecular weight is 293 g/mol. The number of rotatable bonds is 6. The molecule has 1 aromatic carbocycles. The summed E-state index contributed by atoms with van der Waals surface area (Å²) < 4.78 is 13.5. The number of nitrogens with zero attached hydrogens (tertiary/aromatic N) is 2. The Morgan fingerprint density at radius 3 is 2.80 bits per heavy atom. The fourth-order valence-corrected chi connectivity index (χ4v) is 2.71. The van der Waals surface area contributed by atoms with Gasteiger partial charge < -0.3 is 5.32 Å². The van der Waals surface area contributed by atoms with Gasteiger partial charge in [0.1, 0.15) is 15.8 Å². The zero-order valence-electron chi connectivity index (χ0n) is 12.1. The van der Waals surface area contributed by atoms with E-state index in [1.54, 1.807) is 24.3 Å². The molecule has 0 radical (unpaired) electrons. The van der Waals surface area contributed by atoms with Crippen LogP contribution < -0.4 is 5.32 Å². The predicted octanol–water partition coefficient (Wildman–Crippen LogP) is 3.58. The van der Waals surface area contributed by atoms with E-state index in [2.05, 4.69) is 29.4 Å². The molecule has 108 valence electrons. The second-order valence-electron chi connectivity index (χ2n) is 5.18. The summed E-state index contributed by atoms with van der Waals surface area (Å²) in [4.78, 5) is 0. The molecule has 0 atom stereocenters. The van der Waals surface area contributed by atoms with Crippen LogP contribution in [0.15, 0.2) is 18.2 Å². The Hall–Kier alpha value is -1.33. The molecule has 1 aromatic heterocycles. The molecule has 0 amide bonds. The Morgan fingerprint density at radius 1 is 1.30 bits per heavy atom. The molecule has 0 bridgehead atoms. The minimum Gasteiger partial charge on any atom is -0.315 e. The molecule has 0 aliphatic carbocycles. The lowest BCUT2D eigenvalue weighted by Crippen LogP contribution is -2.23. The number of hydrogen-bond acceptors (Lipinski definition) is 4. The zero-order valence-corrected chi connectivity index (χ0v) is 12.9. The van der Waals surface area contributed by atoms with Crippen molar-refractivity contribution in [3.8, 4) is 10.6 Å². The van der Waals surface area contributed by atoms with Gasteiger partial charge in [0, 0.05) is 18.0 Å². The molecule has 2 rings (SSSR count). The van der Waals surface area contributed by atoms with E-state index >= 15 is 0 Å². The smallest absolute Gasteiger partial charge is 0.147 e. The number of halogens is 1. The van der Waals surface area contributed by atoms with Crippen molar-refractivity contribution in [1.29, 1.82) is 0 Å². The van der Waals surface area contributed by atoms with Crippen molar-refractivity contribution in [2.75, 3.05) is 6.54 Å². The van der Waals surface area contributed by atoms with Crippen LogP contribution in [0.3, 0.4) is 0 Å². The first kappa shape index (κ1) is 15.1. The van der Waals surface area contributed by atoms with Crippen LogP contribution in [0.2, 0.25) is 0 Å². The van der Waals surface area contributed by atoms with E-state index in [1.807, 2.05) is 6.07 Å². The molecule has 0 spiro atoms. The van der Waals surface area contributed by atoms with Gasteiger partial charge in [-0.2, -0.15) is 0 Å². The molecule has 0 fully saturated rings. The van der Waals surface area contributed by atoms with Crippen molar-refractivity contribution in [3.63, 3.8) is 0 Å². The van der Waals surface area contributed by atoms with Crippen molar-refractivity contribution < 1.29 is 4.39 Å². The summed E-state index contributed by atoms with van der Waals surface area (Å²) in [5.41, 5.74) is 1.45. The zero-order chi connectivity index (χ0) is 14.5. The Kier molecular flexibility index (Phi) is 5.20. The summed E-state index contributed by atoms with van der Waals surface area (Å²) in [5.74, 6) is -0.194. The van der Waals surface area contributed by atoms with Gasteiger partial charge in [-0.3, -0.25) is 0 Å². The molecule has 0 saturated heterocycles. The third-order valence-electron chi connectivity index (χ3n) is 3.01. The van der Waals surface area contributed by atoms with Gasteiger partial charge in [0.05, 0.1) is 0 Å². The maximum atomic E-state index is 13.5. The van der Waals surface area contributed by atoms with Crippen molar-refractivity contribution in [1.82, 2.24) is 15.5 Å². The van der Waals surface area contributed by atoms with E-state index < -0.39 is 0 Å². The molecule has 0 saturated carbocycles. The first-order valence-corrected chi connectivity index (χ1v) is 7.70. The standard InChI is InChI=1S/C15H20FN3S/c1-10(2)17-8-4-5-14-18-19-15(20-14)12-7-6-11(3)13(16)9-12/h6-7,9-10,17H,4-5,8H2,1-3H3. The Balaban J connectivity index is 1.96. The normalized spacial score (nSPS) is 11.2. The lowest BCUT2D eigenvalue weighted by molar-refractivity contribution is 0.569. The quantitative estimate of drug-likeness (QED) is 0.827. The molecular formula is C15H20FN3S. The first-order valence-electron chi connectivity index (χ1n) is 6.88.